The number of ether oxygens (including phenoxy) is 3. The number of fused-ring (bicyclic) bond motifs is 1. The molecule has 5 heteroatoms. The molecule has 0 aliphatic carbocycles. The third kappa shape index (κ3) is 2.57. The van der Waals surface area contributed by atoms with Crippen LogP contribution in [0, 0.1) is 0 Å². The Kier molecular flexibility index (Phi) is 4.36. The number of hydrogen-bond donors (Lipinski definition) is 1. The number of benzene rings is 2. The van der Waals surface area contributed by atoms with Crippen molar-refractivity contribution in [2.75, 3.05) is 21.3 Å². The lowest BCUT2D eigenvalue weighted by Crippen LogP contribution is -2.12. The van der Waals surface area contributed by atoms with E-state index in [-0.39, 0.29) is 6.04 Å². The van der Waals surface area contributed by atoms with Crippen LogP contribution in [-0.4, -0.2) is 25.9 Å². The van der Waals surface area contributed by atoms with Gasteiger partial charge in [0.25, 0.3) is 0 Å². The lowest BCUT2D eigenvalue weighted by molar-refractivity contribution is 0.323. The van der Waals surface area contributed by atoms with E-state index in [2.05, 4.69) is 22.9 Å². The average Bonchev–Trinajstić information content (AvgIpc) is 2.96. The summed E-state index contributed by atoms with van der Waals surface area (Å²) in [5, 5.41) is 1.14. The number of aromatic nitrogens is 1. The highest BCUT2D eigenvalue weighted by Gasteiger charge is 2.20. The van der Waals surface area contributed by atoms with E-state index in [4.69, 9.17) is 19.9 Å². The Morgan fingerprint density at radius 3 is 2.17 bits per heavy atom. The molecule has 5 nitrogen and oxygen atoms in total. The van der Waals surface area contributed by atoms with Gasteiger partial charge < -0.3 is 24.5 Å². The third-order valence-corrected chi connectivity index (χ3v) is 4.31. The maximum Gasteiger partial charge on any atom is 0.203 e. The van der Waals surface area contributed by atoms with Crippen molar-refractivity contribution in [3.05, 3.63) is 53.7 Å². The van der Waals surface area contributed by atoms with Crippen LogP contribution in [0.1, 0.15) is 17.2 Å². The van der Waals surface area contributed by atoms with Gasteiger partial charge in [-0.2, -0.15) is 0 Å². The molecule has 0 saturated carbocycles. The molecule has 2 aromatic carbocycles. The first-order valence-electron chi connectivity index (χ1n) is 7.70. The minimum Gasteiger partial charge on any atom is -0.493 e. The van der Waals surface area contributed by atoms with Crippen LogP contribution < -0.4 is 19.9 Å². The number of aryl methyl sites for hydroxylation is 1. The van der Waals surface area contributed by atoms with Crippen LogP contribution in [0.2, 0.25) is 0 Å². The van der Waals surface area contributed by atoms with Gasteiger partial charge in [-0.15, -0.1) is 0 Å². The fourth-order valence-corrected chi connectivity index (χ4v) is 3.08. The molecule has 1 aromatic heterocycles. The fourth-order valence-electron chi connectivity index (χ4n) is 3.08. The Bertz CT molecular complexity index is 845. The monoisotopic (exact) mass is 326 g/mol. The second-order valence-corrected chi connectivity index (χ2v) is 5.65. The zero-order valence-corrected chi connectivity index (χ0v) is 14.4. The summed E-state index contributed by atoms with van der Waals surface area (Å²) < 4.78 is 18.3. The Morgan fingerprint density at radius 2 is 1.58 bits per heavy atom. The number of hydrogen-bond acceptors (Lipinski definition) is 4. The molecular weight excluding hydrogens is 304 g/mol. The Morgan fingerprint density at radius 1 is 0.958 bits per heavy atom. The van der Waals surface area contributed by atoms with Gasteiger partial charge in [-0.3, -0.25) is 0 Å². The van der Waals surface area contributed by atoms with E-state index in [1.807, 2.05) is 31.3 Å². The van der Waals surface area contributed by atoms with Crippen LogP contribution in [0.3, 0.4) is 0 Å². The average molecular weight is 326 g/mol. The standard InChI is InChI=1S/C19H22N2O3/c1-21-11-14(13-7-5-6-8-15(13)21)18(20)12-9-16(22-2)19(24-4)17(10-12)23-3/h5-11,18H,20H2,1-4H3. The van der Waals surface area contributed by atoms with E-state index < -0.39 is 0 Å². The van der Waals surface area contributed by atoms with Crippen LogP contribution in [0.25, 0.3) is 10.9 Å². The number of rotatable bonds is 5. The molecule has 0 saturated heterocycles. The van der Waals surface area contributed by atoms with Gasteiger partial charge in [0.15, 0.2) is 11.5 Å². The summed E-state index contributed by atoms with van der Waals surface area (Å²) in [5.74, 6) is 1.76. The minimum atomic E-state index is -0.301. The van der Waals surface area contributed by atoms with Gasteiger partial charge >= 0.3 is 0 Å². The molecule has 126 valence electrons. The summed E-state index contributed by atoms with van der Waals surface area (Å²) in [6, 6.07) is 11.7. The van der Waals surface area contributed by atoms with Gasteiger partial charge in [0.05, 0.1) is 27.4 Å². The molecule has 3 aromatic rings. The molecule has 0 spiro atoms. The lowest BCUT2D eigenvalue weighted by Gasteiger charge is -2.17. The second-order valence-electron chi connectivity index (χ2n) is 5.65. The Hall–Kier alpha value is -2.66. The van der Waals surface area contributed by atoms with Crippen molar-refractivity contribution in [2.24, 2.45) is 12.8 Å². The van der Waals surface area contributed by atoms with E-state index >= 15 is 0 Å². The summed E-state index contributed by atoms with van der Waals surface area (Å²) in [5.41, 5.74) is 9.68. The van der Waals surface area contributed by atoms with E-state index in [0.717, 1.165) is 22.0 Å². The smallest absolute Gasteiger partial charge is 0.203 e. The molecule has 24 heavy (non-hydrogen) atoms. The molecule has 0 fully saturated rings. The van der Waals surface area contributed by atoms with E-state index in [9.17, 15) is 0 Å². The largest absolute Gasteiger partial charge is 0.493 e. The predicted molar refractivity (Wildman–Crippen MR) is 95.0 cm³/mol. The molecule has 0 bridgehead atoms. The van der Waals surface area contributed by atoms with E-state index in [0.29, 0.717) is 17.2 Å². The van der Waals surface area contributed by atoms with Crippen LogP contribution >= 0.6 is 0 Å². The van der Waals surface area contributed by atoms with Crippen LogP contribution in [0.4, 0.5) is 0 Å². The van der Waals surface area contributed by atoms with Gasteiger partial charge in [-0.1, -0.05) is 18.2 Å². The molecule has 0 amide bonds. The first kappa shape index (κ1) is 16.2. The summed E-state index contributed by atoms with van der Waals surface area (Å²) >= 11 is 0. The van der Waals surface area contributed by atoms with E-state index in [1.165, 1.54) is 0 Å². The SMILES string of the molecule is COc1cc(C(N)c2cn(C)c3ccccc23)cc(OC)c1OC. The van der Waals surface area contributed by atoms with Crippen molar-refractivity contribution in [3.8, 4) is 17.2 Å². The van der Waals surface area contributed by atoms with Crippen molar-refractivity contribution in [3.63, 3.8) is 0 Å². The zero-order valence-electron chi connectivity index (χ0n) is 14.4. The molecule has 2 N–H and O–H groups in total. The van der Waals surface area contributed by atoms with Crippen molar-refractivity contribution in [1.82, 2.24) is 4.57 Å². The van der Waals surface area contributed by atoms with Gasteiger partial charge in [-0.05, 0) is 29.3 Å². The summed E-state index contributed by atoms with van der Waals surface area (Å²) in [7, 11) is 6.81. The molecule has 1 atom stereocenters. The second kappa shape index (κ2) is 6.45. The van der Waals surface area contributed by atoms with Crippen LogP contribution in [-0.2, 0) is 7.05 Å². The zero-order chi connectivity index (χ0) is 17.3. The fraction of sp³-hybridized carbons (Fsp3) is 0.263. The summed E-state index contributed by atoms with van der Waals surface area (Å²) in [6.07, 6.45) is 2.07. The van der Waals surface area contributed by atoms with Crippen LogP contribution in [0.15, 0.2) is 42.6 Å². The molecule has 0 aliphatic heterocycles. The minimum absolute atomic E-state index is 0.301. The first-order valence-corrected chi connectivity index (χ1v) is 7.70. The highest BCUT2D eigenvalue weighted by molar-refractivity contribution is 5.85. The highest BCUT2D eigenvalue weighted by atomic mass is 16.5. The summed E-state index contributed by atoms with van der Waals surface area (Å²) in [4.78, 5) is 0. The first-order chi connectivity index (χ1) is 11.6. The predicted octanol–water partition coefficient (Wildman–Crippen LogP) is 3.25. The number of nitrogens with two attached hydrogens (primary N) is 1. The highest BCUT2D eigenvalue weighted by Crippen LogP contribution is 2.41. The molecule has 1 unspecified atom stereocenters. The van der Waals surface area contributed by atoms with Gasteiger partial charge in [0, 0.05) is 24.1 Å². The Labute approximate surface area is 141 Å². The van der Waals surface area contributed by atoms with Crippen molar-refractivity contribution >= 4 is 10.9 Å². The number of para-hydroxylation sites is 1. The topological polar surface area (TPSA) is 58.6 Å². The van der Waals surface area contributed by atoms with Crippen molar-refractivity contribution < 1.29 is 14.2 Å². The molecular formula is C19H22N2O3. The van der Waals surface area contributed by atoms with Gasteiger partial charge in [0.2, 0.25) is 5.75 Å². The van der Waals surface area contributed by atoms with Crippen molar-refractivity contribution in [2.45, 2.75) is 6.04 Å². The van der Waals surface area contributed by atoms with Crippen LogP contribution in [0.5, 0.6) is 17.2 Å². The van der Waals surface area contributed by atoms with E-state index in [1.54, 1.807) is 21.3 Å². The molecule has 0 aliphatic rings. The third-order valence-electron chi connectivity index (χ3n) is 4.31. The Balaban J connectivity index is 2.14. The maximum atomic E-state index is 6.57. The normalized spacial score (nSPS) is 12.2. The lowest BCUT2D eigenvalue weighted by atomic mass is 9.98. The summed E-state index contributed by atoms with van der Waals surface area (Å²) in [6.45, 7) is 0. The molecule has 1 heterocycles. The quantitative estimate of drug-likeness (QED) is 0.782. The van der Waals surface area contributed by atoms with Gasteiger partial charge in [-0.25, -0.2) is 0 Å². The molecule has 0 radical (unpaired) electrons. The maximum absolute atomic E-state index is 6.57. The van der Waals surface area contributed by atoms with Gasteiger partial charge in [0.1, 0.15) is 0 Å². The molecule has 3 rings (SSSR count). The number of nitrogens with zero attached hydrogens (tertiary/aromatic N) is 1. The van der Waals surface area contributed by atoms with Crippen molar-refractivity contribution in [1.29, 1.82) is 0 Å². The number of methoxy groups -OCH3 is 3.